The molecule has 0 aromatic heterocycles. The number of carbonyl (C=O) groups excluding carboxylic acids is 2. The third-order valence-corrected chi connectivity index (χ3v) is 1.23. The number of carbonyl (C=O) groups is 2. The molecule has 0 saturated carbocycles. The van der Waals surface area contributed by atoms with Crippen molar-refractivity contribution in [2.24, 2.45) is 0 Å². The highest BCUT2D eigenvalue weighted by atomic mass is 16.3. The van der Waals surface area contributed by atoms with Crippen molar-refractivity contribution in [1.82, 2.24) is 0 Å². The first-order chi connectivity index (χ1) is 5.13. The van der Waals surface area contributed by atoms with Gasteiger partial charge in [-0.2, -0.15) is 0 Å². The summed E-state index contributed by atoms with van der Waals surface area (Å²) in [5, 5.41) is 17.0. The van der Waals surface area contributed by atoms with Crippen LogP contribution in [0.15, 0.2) is 0 Å². The Morgan fingerprint density at radius 2 is 2.00 bits per heavy atom. The molecule has 0 fully saturated rings. The summed E-state index contributed by atoms with van der Waals surface area (Å²) in [6.07, 6.45) is -0.826. The minimum Gasteiger partial charge on any atom is -0.393 e. The zero-order chi connectivity index (χ0) is 8.85. The van der Waals surface area contributed by atoms with Crippen molar-refractivity contribution < 1.29 is 19.8 Å². The van der Waals surface area contributed by atoms with E-state index >= 15 is 0 Å². The predicted molar refractivity (Wildman–Crippen MR) is 38.0 cm³/mol. The van der Waals surface area contributed by atoms with E-state index in [1.165, 1.54) is 0 Å². The smallest absolute Gasteiger partial charge is 0.229 e. The molecular weight excluding hydrogens is 148 g/mol. The van der Waals surface area contributed by atoms with Gasteiger partial charge in [0.1, 0.15) is 6.10 Å². The molecule has 0 saturated heterocycles. The molecule has 0 aromatic carbocycles. The summed E-state index contributed by atoms with van der Waals surface area (Å²) in [4.78, 5) is 21.4. The van der Waals surface area contributed by atoms with Crippen LogP contribution < -0.4 is 0 Å². The van der Waals surface area contributed by atoms with Crippen LogP contribution in [0.1, 0.15) is 19.8 Å². The summed E-state index contributed by atoms with van der Waals surface area (Å²) < 4.78 is 0. The van der Waals surface area contributed by atoms with Gasteiger partial charge in [0.15, 0.2) is 0 Å². The van der Waals surface area contributed by atoms with Crippen molar-refractivity contribution in [2.45, 2.75) is 25.9 Å². The number of aliphatic hydroxyl groups is 2. The van der Waals surface area contributed by atoms with E-state index in [0.29, 0.717) is 6.42 Å². The lowest BCUT2D eigenvalue weighted by atomic mass is 10.1. The van der Waals surface area contributed by atoms with Crippen molar-refractivity contribution in [2.75, 3.05) is 6.61 Å². The van der Waals surface area contributed by atoms with Gasteiger partial charge in [0, 0.05) is 6.42 Å². The Morgan fingerprint density at radius 3 is 2.36 bits per heavy atom. The Morgan fingerprint density at radius 1 is 1.45 bits per heavy atom. The normalized spacial score (nSPS) is 12.6. The topological polar surface area (TPSA) is 74.6 Å². The second-order valence-corrected chi connectivity index (χ2v) is 2.24. The van der Waals surface area contributed by atoms with E-state index in [4.69, 9.17) is 10.2 Å². The van der Waals surface area contributed by atoms with Crippen LogP contribution in [0.25, 0.3) is 0 Å². The Kier molecular flexibility index (Phi) is 4.65. The average Bonchev–Trinajstić information content (AvgIpc) is 2.02. The van der Waals surface area contributed by atoms with Crippen molar-refractivity contribution in [3.05, 3.63) is 0 Å². The molecule has 4 heteroatoms. The van der Waals surface area contributed by atoms with Crippen LogP contribution in [0.5, 0.6) is 0 Å². The van der Waals surface area contributed by atoms with E-state index in [0.717, 1.165) is 0 Å². The fourth-order valence-electron chi connectivity index (χ4n) is 0.619. The van der Waals surface area contributed by atoms with Crippen LogP contribution in [-0.2, 0) is 9.59 Å². The van der Waals surface area contributed by atoms with Gasteiger partial charge in [0.2, 0.25) is 11.6 Å². The molecule has 11 heavy (non-hydrogen) atoms. The second-order valence-electron chi connectivity index (χ2n) is 2.24. The monoisotopic (exact) mass is 160 g/mol. The van der Waals surface area contributed by atoms with Crippen molar-refractivity contribution in [1.29, 1.82) is 0 Å². The number of ketones is 2. The van der Waals surface area contributed by atoms with Gasteiger partial charge in [-0.3, -0.25) is 9.59 Å². The quantitative estimate of drug-likeness (QED) is 0.520. The lowest BCUT2D eigenvalue weighted by molar-refractivity contribution is -0.142. The summed E-state index contributed by atoms with van der Waals surface area (Å²) in [6, 6.07) is 0. The fraction of sp³-hybridized carbons (Fsp3) is 0.714. The van der Waals surface area contributed by atoms with Gasteiger partial charge in [0.25, 0.3) is 0 Å². The zero-order valence-corrected chi connectivity index (χ0v) is 6.41. The Balaban J connectivity index is 3.92. The maximum Gasteiger partial charge on any atom is 0.229 e. The Hall–Kier alpha value is -0.740. The molecule has 0 radical (unpaired) electrons. The summed E-state index contributed by atoms with van der Waals surface area (Å²) in [5.74, 6) is -1.51. The highest BCUT2D eigenvalue weighted by Crippen LogP contribution is 1.94. The van der Waals surface area contributed by atoms with E-state index in [-0.39, 0.29) is 6.42 Å². The molecule has 0 bridgehead atoms. The van der Waals surface area contributed by atoms with E-state index in [2.05, 4.69) is 0 Å². The molecule has 0 aliphatic heterocycles. The van der Waals surface area contributed by atoms with Crippen LogP contribution in [0.3, 0.4) is 0 Å². The van der Waals surface area contributed by atoms with Crippen LogP contribution in [0.2, 0.25) is 0 Å². The minimum atomic E-state index is -1.53. The molecule has 2 N–H and O–H groups in total. The molecule has 1 atom stereocenters. The molecule has 0 spiro atoms. The van der Waals surface area contributed by atoms with Crippen molar-refractivity contribution >= 4 is 11.6 Å². The summed E-state index contributed by atoms with van der Waals surface area (Å²) in [7, 11) is 0. The molecule has 0 rings (SSSR count). The molecular formula is C7H12O4. The maximum absolute atomic E-state index is 10.7. The lowest BCUT2D eigenvalue weighted by Crippen LogP contribution is -2.30. The Labute approximate surface area is 64.8 Å². The first-order valence-corrected chi connectivity index (χ1v) is 3.49. The molecule has 0 aliphatic carbocycles. The molecule has 0 heterocycles. The third kappa shape index (κ3) is 3.25. The highest BCUT2D eigenvalue weighted by Gasteiger charge is 2.20. The number of hydrogen-bond acceptors (Lipinski definition) is 4. The zero-order valence-electron chi connectivity index (χ0n) is 6.41. The van der Waals surface area contributed by atoms with Gasteiger partial charge < -0.3 is 10.2 Å². The van der Waals surface area contributed by atoms with Crippen molar-refractivity contribution in [3.8, 4) is 0 Å². The largest absolute Gasteiger partial charge is 0.393 e. The van der Waals surface area contributed by atoms with E-state index in [1.54, 1.807) is 6.92 Å². The van der Waals surface area contributed by atoms with Gasteiger partial charge >= 0.3 is 0 Å². The highest BCUT2D eigenvalue weighted by molar-refractivity contribution is 6.38. The number of rotatable bonds is 5. The van der Waals surface area contributed by atoms with Gasteiger partial charge in [-0.25, -0.2) is 0 Å². The van der Waals surface area contributed by atoms with Gasteiger partial charge in [-0.1, -0.05) is 6.92 Å². The molecule has 64 valence electrons. The average molecular weight is 160 g/mol. The lowest BCUT2D eigenvalue weighted by Gasteiger charge is -2.02. The molecule has 0 aliphatic rings. The first kappa shape index (κ1) is 10.3. The van der Waals surface area contributed by atoms with Gasteiger partial charge in [-0.05, 0) is 6.42 Å². The number of hydrogen-bond donors (Lipinski definition) is 2. The standard InChI is InChI=1S/C7H12O4/c1-2-3-5(9)7(11)6(10)4-8/h6,8,10H,2-4H2,1H3/t6-/m0/s1. The SMILES string of the molecule is CCCC(=O)C(=O)[C@@H](O)CO. The van der Waals surface area contributed by atoms with E-state index < -0.39 is 24.3 Å². The number of Topliss-reactive ketones (excluding diaryl/α,β-unsaturated/α-hetero) is 2. The van der Waals surface area contributed by atoms with Crippen LogP contribution >= 0.6 is 0 Å². The summed E-state index contributed by atoms with van der Waals surface area (Å²) in [5.41, 5.74) is 0. The van der Waals surface area contributed by atoms with Crippen LogP contribution in [0, 0.1) is 0 Å². The van der Waals surface area contributed by atoms with E-state index in [1.807, 2.05) is 0 Å². The van der Waals surface area contributed by atoms with Gasteiger partial charge in [0.05, 0.1) is 6.61 Å². The Bertz CT molecular complexity index is 153. The molecule has 0 aromatic rings. The summed E-state index contributed by atoms with van der Waals surface area (Å²) in [6.45, 7) is 1.07. The van der Waals surface area contributed by atoms with Gasteiger partial charge in [-0.15, -0.1) is 0 Å². The summed E-state index contributed by atoms with van der Waals surface area (Å²) >= 11 is 0. The third-order valence-electron chi connectivity index (χ3n) is 1.23. The molecule has 4 nitrogen and oxygen atoms in total. The minimum absolute atomic E-state index is 0.135. The molecule has 0 unspecified atom stereocenters. The van der Waals surface area contributed by atoms with Crippen LogP contribution in [0.4, 0.5) is 0 Å². The molecule has 0 amide bonds. The van der Waals surface area contributed by atoms with Crippen LogP contribution in [-0.4, -0.2) is 34.5 Å². The first-order valence-electron chi connectivity index (χ1n) is 3.49. The fourth-order valence-corrected chi connectivity index (χ4v) is 0.619. The maximum atomic E-state index is 10.7. The second kappa shape index (κ2) is 4.98. The number of aliphatic hydroxyl groups excluding tert-OH is 2. The predicted octanol–water partition coefficient (Wildman–Crippen LogP) is -0.722. The van der Waals surface area contributed by atoms with Crippen molar-refractivity contribution in [3.63, 3.8) is 0 Å². The van der Waals surface area contributed by atoms with E-state index in [9.17, 15) is 9.59 Å².